The molecule has 0 amide bonds. The van der Waals surface area contributed by atoms with E-state index in [1.807, 2.05) is 0 Å². The summed E-state index contributed by atoms with van der Waals surface area (Å²) in [6, 6.07) is 0.531. The van der Waals surface area contributed by atoms with E-state index < -0.39 is 0 Å². The first-order chi connectivity index (χ1) is 5.84. The topological polar surface area (TPSA) is 26.0 Å². The molecule has 0 aromatic carbocycles. The van der Waals surface area contributed by atoms with Gasteiger partial charge < -0.3 is 5.73 Å². The van der Waals surface area contributed by atoms with Crippen LogP contribution in [0.4, 0.5) is 0 Å². The highest BCUT2D eigenvalue weighted by molar-refractivity contribution is 4.79. The van der Waals surface area contributed by atoms with Crippen LogP contribution in [0.1, 0.15) is 51.4 Å². The summed E-state index contributed by atoms with van der Waals surface area (Å²) in [4.78, 5) is 0. The SMILES string of the molecule is NC1CCCC(CCC2CC2)C1. The summed E-state index contributed by atoms with van der Waals surface area (Å²) in [6.45, 7) is 0. The van der Waals surface area contributed by atoms with Gasteiger partial charge in [0, 0.05) is 6.04 Å². The molecule has 2 atom stereocenters. The van der Waals surface area contributed by atoms with Crippen molar-refractivity contribution in [3.05, 3.63) is 0 Å². The third kappa shape index (κ3) is 2.48. The molecule has 70 valence electrons. The van der Waals surface area contributed by atoms with Crippen molar-refractivity contribution in [2.45, 2.75) is 57.4 Å². The fourth-order valence-electron chi connectivity index (χ4n) is 2.47. The Hall–Kier alpha value is -0.0400. The second kappa shape index (κ2) is 3.78. The Morgan fingerprint density at radius 1 is 0.917 bits per heavy atom. The molecule has 0 spiro atoms. The molecule has 2 unspecified atom stereocenters. The normalized spacial score (nSPS) is 36.8. The summed E-state index contributed by atoms with van der Waals surface area (Å²) in [6.07, 6.45) is 11.4. The highest BCUT2D eigenvalue weighted by atomic mass is 14.6. The van der Waals surface area contributed by atoms with Gasteiger partial charge in [-0.1, -0.05) is 38.5 Å². The van der Waals surface area contributed by atoms with Crippen molar-refractivity contribution in [1.29, 1.82) is 0 Å². The van der Waals surface area contributed by atoms with Crippen molar-refractivity contribution in [2.24, 2.45) is 17.6 Å². The first-order valence-corrected chi connectivity index (χ1v) is 5.60. The van der Waals surface area contributed by atoms with Crippen molar-refractivity contribution < 1.29 is 0 Å². The third-order valence-electron chi connectivity index (χ3n) is 3.50. The summed E-state index contributed by atoms with van der Waals surface area (Å²) in [7, 11) is 0. The van der Waals surface area contributed by atoms with E-state index in [4.69, 9.17) is 5.73 Å². The monoisotopic (exact) mass is 167 g/mol. The largest absolute Gasteiger partial charge is 0.328 e. The van der Waals surface area contributed by atoms with Gasteiger partial charge in [0.15, 0.2) is 0 Å². The first-order valence-electron chi connectivity index (χ1n) is 5.60. The predicted octanol–water partition coefficient (Wildman–Crippen LogP) is 2.69. The van der Waals surface area contributed by atoms with E-state index in [0.717, 1.165) is 11.8 Å². The quantitative estimate of drug-likeness (QED) is 0.687. The lowest BCUT2D eigenvalue weighted by molar-refractivity contribution is 0.297. The third-order valence-corrected chi connectivity index (χ3v) is 3.50. The smallest absolute Gasteiger partial charge is 0.00414 e. The van der Waals surface area contributed by atoms with Gasteiger partial charge in [-0.05, 0) is 24.7 Å². The summed E-state index contributed by atoms with van der Waals surface area (Å²) in [5, 5.41) is 0. The molecule has 0 radical (unpaired) electrons. The van der Waals surface area contributed by atoms with Crippen LogP contribution < -0.4 is 5.73 Å². The Morgan fingerprint density at radius 3 is 2.33 bits per heavy atom. The van der Waals surface area contributed by atoms with Crippen LogP contribution in [0.3, 0.4) is 0 Å². The molecule has 12 heavy (non-hydrogen) atoms. The average Bonchev–Trinajstić information content (AvgIpc) is 2.84. The Labute approximate surface area is 75.7 Å². The fraction of sp³-hybridized carbons (Fsp3) is 1.00. The maximum Gasteiger partial charge on any atom is 0.00414 e. The van der Waals surface area contributed by atoms with Crippen molar-refractivity contribution in [3.63, 3.8) is 0 Å². The van der Waals surface area contributed by atoms with Gasteiger partial charge in [-0.25, -0.2) is 0 Å². The minimum atomic E-state index is 0.531. The van der Waals surface area contributed by atoms with E-state index in [-0.39, 0.29) is 0 Å². The molecular formula is C11H21N. The fourth-order valence-corrected chi connectivity index (χ4v) is 2.47. The zero-order chi connectivity index (χ0) is 8.39. The van der Waals surface area contributed by atoms with E-state index in [1.165, 1.54) is 51.4 Å². The molecule has 0 aromatic heterocycles. The zero-order valence-corrected chi connectivity index (χ0v) is 7.97. The van der Waals surface area contributed by atoms with Gasteiger partial charge in [0.1, 0.15) is 0 Å². The van der Waals surface area contributed by atoms with Gasteiger partial charge in [0.25, 0.3) is 0 Å². The van der Waals surface area contributed by atoms with Gasteiger partial charge in [0.05, 0.1) is 0 Å². The molecule has 1 heteroatoms. The van der Waals surface area contributed by atoms with Crippen LogP contribution in [0.25, 0.3) is 0 Å². The van der Waals surface area contributed by atoms with Crippen LogP contribution in [-0.2, 0) is 0 Å². The van der Waals surface area contributed by atoms with Crippen LogP contribution >= 0.6 is 0 Å². The summed E-state index contributed by atoms with van der Waals surface area (Å²) < 4.78 is 0. The van der Waals surface area contributed by atoms with E-state index in [1.54, 1.807) is 0 Å². The number of hydrogen-bond acceptors (Lipinski definition) is 1. The van der Waals surface area contributed by atoms with E-state index in [2.05, 4.69) is 0 Å². The second-order valence-electron chi connectivity index (χ2n) is 4.81. The van der Waals surface area contributed by atoms with Crippen LogP contribution in [-0.4, -0.2) is 6.04 Å². The minimum absolute atomic E-state index is 0.531. The van der Waals surface area contributed by atoms with Gasteiger partial charge in [-0.3, -0.25) is 0 Å². The molecule has 2 saturated carbocycles. The number of nitrogens with two attached hydrogens (primary N) is 1. The second-order valence-corrected chi connectivity index (χ2v) is 4.81. The highest BCUT2D eigenvalue weighted by Gasteiger charge is 2.24. The van der Waals surface area contributed by atoms with Gasteiger partial charge in [0.2, 0.25) is 0 Å². The summed E-state index contributed by atoms with van der Waals surface area (Å²) in [5.74, 6) is 2.09. The lowest BCUT2D eigenvalue weighted by Gasteiger charge is -2.26. The van der Waals surface area contributed by atoms with Crippen molar-refractivity contribution in [1.82, 2.24) is 0 Å². The van der Waals surface area contributed by atoms with Gasteiger partial charge in [-0.15, -0.1) is 0 Å². The molecule has 0 aliphatic heterocycles. The summed E-state index contributed by atoms with van der Waals surface area (Å²) >= 11 is 0. The molecule has 0 heterocycles. The highest BCUT2D eigenvalue weighted by Crippen LogP contribution is 2.37. The molecule has 0 aromatic rings. The predicted molar refractivity (Wildman–Crippen MR) is 51.9 cm³/mol. The van der Waals surface area contributed by atoms with Crippen LogP contribution in [0.5, 0.6) is 0 Å². The summed E-state index contributed by atoms with van der Waals surface area (Å²) in [5.41, 5.74) is 5.95. The molecule has 2 fully saturated rings. The van der Waals surface area contributed by atoms with E-state index >= 15 is 0 Å². The molecule has 0 bridgehead atoms. The standard InChI is InChI=1S/C11H21N/c12-11-3-1-2-10(8-11)7-6-9-4-5-9/h9-11H,1-8,12H2. The van der Waals surface area contributed by atoms with E-state index in [9.17, 15) is 0 Å². The van der Waals surface area contributed by atoms with E-state index in [0.29, 0.717) is 6.04 Å². The maximum atomic E-state index is 5.95. The van der Waals surface area contributed by atoms with Gasteiger partial charge >= 0.3 is 0 Å². The lowest BCUT2D eigenvalue weighted by atomic mass is 9.83. The van der Waals surface area contributed by atoms with Crippen molar-refractivity contribution >= 4 is 0 Å². The number of hydrogen-bond donors (Lipinski definition) is 1. The van der Waals surface area contributed by atoms with Gasteiger partial charge in [-0.2, -0.15) is 0 Å². The zero-order valence-electron chi connectivity index (χ0n) is 7.97. The first kappa shape index (κ1) is 8.55. The molecule has 2 aliphatic rings. The average molecular weight is 167 g/mol. The van der Waals surface area contributed by atoms with Crippen molar-refractivity contribution in [2.75, 3.05) is 0 Å². The van der Waals surface area contributed by atoms with Crippen LogP contribution in [0.15, 0.2) is 0 Å². The van der Waals surface area contributed by atoms with Crippen LogP contribution in [0, 0.1) is 11.8 Å². The maximum absolute atomic E-state index is 5.95. The Balaban J connectivity index is 1.64. The van der Waals surface area contributed by atoms with Crippen molar-refractivity contribution in [3.8, 4) is 0 Å². The molecule has 2 rings (SSSR count). The molecule has 1 nitrogen and oxygen atoms in total. The number of rotatable bonds is 3. The minimum Gasteiger partial charge on any atom is -0.328 e. The lowest BCUT2D eigenvalue weighted by Crippen LogP contribution is -2.27. The Bertz CT molecular complexity index is 140. The van der Waals surface area contributed by atoms with Crippen LogP contribution in [0.2, 0.25) is 0 Å². The molecule has 2 N–H and O–H groups in total. The molecule has 0 saturated heterocycles. The Morgan fingerprint density at radius 2 is 1.67 bits per heavy atom. The molecular weight excluding hydrogens is 146 g/mol. The Kier molecular flexibility index (Phi) is 2.69. The molecule has 2 aliphatic carbocycles.